The number of hydrogen-bond acceptors (Lipinski definition) is 4. The normalized spacial score (nSPS) is 13.3. The fourth-order valence-corrected chi connectivity index (χ4v) is 3.29. The van der Waals surface area contributed by atoms with Crippen molar-refractivity contribution in [3.63, 3.8) is 0 Å². The Kier molecular flexibility index (Phi) is 8.14. The molecule has 2 rings (SSSR count). The van der Waals surface area contributed by atoms with E-state index in [0.717, 1.165) is 17.7 Å². The maximum Gasteiger partial charge on any atom is 0.416 e. The first-order valence-electron chi connectivity index (χ1n) is 9.50. The van der Waals surface area contributed by atoms with Crippen molar-refractivity contribution in [1.82, 2.24) is 4.72 Å². The fraction of sp³-hybridized carbons (Fsp3) is 0.429. The van der Waals surface area contributed by atoms with Crippen LogP contribution in [-0.2, 0) is 16.2 Å². The molecule has 0 radical (unpaired) electrons. The number of sulfonamides is 1. The number of nitrogens with one attached hydrogen (secondary N) is 1. The third-order valence-corrected chi connectivity index (χ3v) is 6.27. The van der Waals surface area contributed by atoms with Crippen molar-refractivity contribution >= 4 is 10.0 Å². The Balaban J connectivity index is 1.77. The Bertz CT molecular complexity index is 895. The van der Waals surface area contributed by atoms with E-state index < -0.39 is 27.0 Å². The summed E-state index contributed by atoms with van der Waals surface area (Å²) in [4.78, 5) is 0. The zero-order chi connectivity index (χ0) is 22.4. The molecule has 1 unspecified atom stereocenters. The summed E-state index contributed by atoms with van der Waals surface area (Å²) in [5, 5.41) is -0.481. The number of rotatable bonds is 10. The molecule has 0 aromatic heterocycles. The number of hydrogen-bond donors (Lipinski definition) is 1. The first kappa shape index (κ1) is 24.0. The van der Waals surface area contributed by atoms with Crippen LogP contribution in [0.3, 0.4) is 0 Å². The number of halogens is 3. The van der Waals surface area contributed by atoms with Crippen molar-refractivity contribution in [2.45, 2.75) is 38.1 Å². The summed E-state index contributed by atoms with van der Waals surface area (Å²) >= 11 is 0. The van der Waals surface area contributed by atoms with Gasteiger partial charge in [0.05, 0.1) is 10.8 Å². The predicted octanol–water partition coefficient (Wildman–Crippen LogP) is 4.59. The fourth-order valence-electron chi connectivity index (χ4n) is 2.48. The zero-order valence-corrected chi connectivity index (χ0v) is 17.9. The molecule has 0 aliphatic rings. The van der Waals surface area contributed by atoms with Gasteiger partial charge < -0.3 is 9.47 Å². The van der Waals surface area contributed by atoms with Gasteiger partial charge in [0.15, 0.2) is 0 Å². The minimum absolute atomic E-state index is 0.00409. The molecule has 0 aliphatic heterocycles. The lowest BCUT2D eigenvalue weighted by atomic mass is 10.0. The molecule has 1 atom stereocenters. The van der Waals surface area contributed by atoms with Crippen LogP contribution in [-0.4, -0.2) is 33.4 Å². The molecule has 166 valence electrons. The van der Waals surface area contributed by atoms with Gasteiger partial charge in [0.2, 0.25) is 10.0 Å². The van der Waals surface area contributed by atoms with E-state index in [1.807, 2.05) is 19.1 Å². The summed E-state index contributed by atoms with van der Waals surface area (Å²) in [5.74, 6) is 0.944. The second kappa shape index (κ2) is 10.2. The second-order valence-corrected chi connectivity index (χ2v) is 9.45. The van der Waals surface area contributed by atoms with Crippen molar-refractivity contribution in [2.75, 3.05) is 19.8 Å². The molecule has 0 spiro atoms. The van der Waals surface area contributed by atoms with Gasteiger partial charge in [-0.2, -0.15) is 13.2 Å². The third-order valence-electron chi connectivity index (χ3n) is 4.46. The molecule has 0 aliphatic carbocycles. The summed E-state index contributed by atoms with van der Waals surface area (Å²) in [6.45, 7) is 5.89. The van der Waals surface area contributed by atoms with Crippen LogP contribution in [0.15, 0.2) is 48.5 Å². The quantitative estimate of drug-likeness (QED) is 0.543. The van der Waals surface area contributed by atoms with Gasteiger partial charge in [-0.3, -0.25) is 0 Å². The van der Waals surface area contributed by atoms with Crippen LogP contribution in [0.4, 0.5) is 13.2 Å². The molecule has 5 nitrogen and oxygen atoms in total. The monoisotopic (exact) mass is 445 g/mol. The van der Waals surface area contributed by atoms with Crippen molar-refractivity contribution in [1.29, 1.82) is 0 Å². The van der Waals surface area contributed by atoms with Crippen LogP contribution in [0, 0.1) is 0 Å². The Morgan fingerprint density at radius 2 is 1.33 bits per heavy atom. The van der Waals surface area contributed by atoms with Gasteiger partial charge >= 0.3 is 6.18 Å². The van der Waals surface area contributed by atoms with Gasteiger partial charge in [-0.25, -0.2) is 13.1 Å². The lowest BCUT2D eigenvalue weighted by molar-refractivity contribution is -0.137. The van der Waals surface area contributed by atoms with E-state index in [0.29, 0.717) is 18.0 Å². The van der Waals surface area contributed by atoms with Gasteiger partial charge in [0, 0.05) is 6.54 Å². The summed E-state index contributed by atoms with van der Waals surface area (Å²) < 4.78 is 74.8. The maximum absolute atomic E-state index is 12.5. The number of benzene rings is 2. The molecule has 0 saturated carbocycles. The van der Waals surface area contributed by atoms with Crippen LogP contribution < -0.4 is 14.2 Å². The van der Waals surface area contributed by atoms with E-state index in [-0.39, 0.29) is 19.1 Å². The Morgan fingerprint density at radius 1 is 0.867 bits per heavy atom. The minimum atomic E-state index is -4.37. The molecular weight excluding hydrogens is 419 g/mol. The van der Waals surface area contributed by atoms with Crippen molar-refractivity contribution in [2.24, 2.45) is 0 Å². The molecule has 0 fully saturated rings. The second-order valence-electron chi connectivity index (χ2n) is 7.13. The first-order chi connectivity index (χ1) is 14.0. The lowest BCUT2D eigenvalue weighted by Crippen LogP contribution is -2.33. The number of ether oxygens (including phenoxy) is 2. The van der Waals surface area contributed by atoms with E-state index in [1.165, 1.54) is 12.1 Å². The molecular formula is C21H26F3NO4S. The smallest absolute Gasteiger partial charge is 0.416 e. The molecule has 0 amide bonds. The highest BCUT2D eigenvalue weighted by molar-refractivity contribution is 7.90. The van der Waals surface area contributed by atoms with E-state index in [2.05, 4.69) is 4.72 Å². The largest absolute Gasteiger partial charge is 0.490 e. The van der Waals surface area contributed by atoms with Crippen molar-refractivity contribution in [3.05, 3.63) is 59.7 Å². The number of alkyl halides is 3. The summed E-state index contributed by atoms with van der Waals surface area (Å²) in [5.41, 5.74) is 0.243. The van der Waals surface area contributed by atoms with Gasteiger partial charge in [0.1, 0.15) is 24.7 Å². The molecule has 0 saturated heterocycles. The highest BCUT2D eigenvalue weighted by atomic mass is 32.2. The highest BCUT2D eigenvalue weighted by Gasteiger charge is 2.30. The standard InChI is InChI=1S/C21H26F3NO4S/c1-15(2)30(26,27)25-14-16(3)17-4-8-19(9-5-17)28-12-13-29-20-10-6-18(7-11-20)21(22,23)24/h4-11,15-16,25H,12-14H2,1-3H3. The van der Waals surface area contributed by atoms with Gasteiger partial charge in [0.25, 0.3) is 0 Å². The van der Waals surface area contributed by atoms with E-state index in [1.54, 1.807) is 26.0 Å². The average Bonchev–Trinajstić information content (AvgIpc) is 2.69. The Morgan fingerprint density at radius 3 is 1.77 bits per heavy atom. The molecule has 2 aromatic rings. The summed E-state index contributed by atoms with van der Waals surface area (Å²) in [6.07, 6.45) is -4.37. The van der Waals surface area contributed by atoms with Crippen LogP contribution in [0.2, 0.25) is 0 Å². The molecule has 30 heavy (non-hydrogen) atoms. The molecule has 9 heteroatoms. The van der Waals surface area contributed by atoms with Crippen LogP contribution in [0.1, 0.15) is 37.8 Å². The lowest BCUT2D eigenvalue weighted by Gasteiger charge is -2.15. The molecule has 2 aromatic carbocycles. The average molecular weight is 446 g/mol. The van der Waals surface area contributed by atoms with Crippen LogP contribution in [0.25, 0.3) is 0 Å². The molecule has 1 N–H and O–H groups in total. The van der Waals surface area contributed by atoms with E-state index in [9.17, 15) is 21.6 Å². The SMILES string of the molecule is CC(CNS(=O)(=O)C(C)C)c1ccc(OCCOc2ccc(C(F)(F)F)cc2)cc1. The Hall–Kier alpha value is -2.26. The van der Waals surface area contributed by atoms with E-state index in [4.69, 9.17) is 9.47 Å². The Labute approximate surface area is 175 Å². The zero-order valence-electron chi connectivity index (χ0n) is 17.1. The van der Waals surface area contributed by atoms with Gasteiger partial charge in [-0.05, 0) is 61.7 Å². The van der Waals surface area contributed by atoms with Crippen molar-refractivity contribution < 1.29 is 31.1 Å². The topological polar surface area (TPSA) is 64.6 Å². The van der Waals surface area contributed by atoms with Crippen molar-refractivity contribution in [3.8, 4) is 11.5 Å². The van der Waals surface area contributed by atoms with Gasteiger partial charge in [-0.1, -0.05) is 19.1 Å². The van der Waals surface area contributed by atoms with E-state index >= 15 is 0 Å². The van der Waals surface area contributed by atoms with Gasteiger partial charge in [-0.15, -0.1) is 0 Å². The van der Waals surface area contributed by atoms with Crippen LogP contribution >= 0.6 is 0 Å². The molecule has 0 bridgehead atoms. The predicted molar refractivity (Wildman–Crippen MR) is 109 cm³/mol. The molecule has 0 heterocycles. The highest BCUT2D eigenvalue weighted by Crippen LogP contribution is 2.30. The summed E-state index contributed by atoms with van der Waals surface area (Å²) in [6, 6.07) is 11.8. The first-order valence-corrected chi connectivity index (χ1v) is 11.0. The van der Waals surface area contributed by atoms with Crippen LogP contribution in [0.5, 0.6) is 11.5 Å². The maximum atomic E-state index is 12.5. The summed E-state index contributed by atoms with van der Waals surface area (Å²) in [7, 11) is -3.30. The minimum Gasteiger partial charge on any atom is -0.490 e. The third kappa shape index (κ3) is 7.21.